The molecule has 0 atom stereocenters. The number of halogens is 21. The normalized spacial score (nSPS) is 11.5. The highest BCUT2D eigenvalue weighted by Gasteiger charge is 2.52. The molecule has 0 saturated carbocycles. The monoisotopic (exact) mass is 960 g/mol. The number of hydrogen-bond acceptors (Lipinski definition) is 1. The molecule has 0 aliphatic carbocycles. The van der Waals surface area contributed by atoms with Crippen LogP contribution in [0.1, 0.15) is 5.56 Å². The lowest BCUT2D eigenvalue weighted by Crippen LogP contribution is -2.81. The van der Waals surface area contributed by atoms with Gasteiger partial charge in [0, 0.05) is 16.1 Å². The Kier molecular flexibility index (Phi) is 13.3. The van der Waals surface area contributed by atoms with Crippen LogP contribution in [0.3, 0.4) is 0 Å². The van der Waals surface area contributed by atoms with Crippen molar-refractivity contribution in [2.24, 2.45) is 0 Å². The quantitative estimate of drug-likeness (QED) is 0.0512. The Morgan fingerprint density at radius 1 is 0.400 bits per heavy atom. The Labute approximate surface area is 354 Å². The van der Waals surface area contributed by atoms with E-state index < -0.39 is 144 Å². The zero-order chi connectivity index (χ0) is 48.1. The van der Waals surface area contributed by atoms with Gasteiger partial charge < -0.3 is 0 Å². The third kappa shape index (κ3) is 7.77. The van der Waals surface area contributed by atoms with E-state index in [9.17, 15) is 52.7 Å². The summed E-state index contributed by atoms with van der Waals surface area (Å²) < 4.78 is 296. The molecule has 0 saturated heterocycles. The van der Waals surface area contributed by atoms with Crippen LogP contribution in [0, 0.1) is 116 Å². The van der Waals surface area contributed by atoms with Crippen LogP contribution in [0.15, 0.2) is 73.2 Å². The molecular formula is C41H14BClF20N2. The molecule has 7 aromatic rings. The molecule has 2 nitrogen and oxygen atoms in total. The molecule has 0 unspecified atom stereocenters. The smallest absolute Gasteiger partial charge is 0.231 e. The van der Waals surface area contributed by atoms with Gasteiger partial charge in [-0.2, -0.15) is 4.57 Å². The Morgan fingerprint density at radius 3 is 1.05 bits per heavy atom. The summed E-state index contributed by atoms with van der Waals surface area (Å²) in [4.78, 5) is 4.23. The van der Waals surface area contributed by atoms with Gasteiger partial charge in [-0.1, -0.05) is 48.0 Å². The van der Waals surface area contributed by atoms with Crippen molar-refractivity contribution < 1.29 is 92.4 Å². The molecule has 0 amide bonds. The second-order valence-corrected chi connectivity index (χ2v) is 13.8. The van der Waals surface area contributed by atoms with Gasteiger partial charge in [-0.05, 0) is 18.2 Å². The molecule has 0 fully saturated rings. The number of benzene rings is 6. The zero-order valence-corrected chi connectivity index (χ0v) is 31.8. The van der Waals surface area contributed by atoms with Crippen molar-refractivity contribution in [3.8, 4) is 11.3 Å². The van der Waals surface area contributed by atoms with Crippen molar-refractivity contribution in [3.63, 3.8) is 0 Å². The van der Waals surface area contributed by atoms with Crippen LogP contribution in [0.4, 0.5) is 87.8 Å². The van der Waals surface area contributed by atoms with Crippen LogP contribution >= 0.6 is 11.6 Å². The molecule has 0 bridgehead atoms. The van der Waals surface area contributed by atoms with Crippen LogP contribution in [-0.2, 0) is 6.54 Å². The number of hydrogen-bond donors (Lipinski definition) is 0. The second-order valence-electron chi connectivity index (χ2n) is 13.4. The van der Waals surface area contributed by atoms with Crippen LogP contribution in [0.25, 0.3) is 11.3 Å². The van der Waals surface area contributed by atoms with Gasteiger partial charge in [0.2, 0.25) is 5.69 Å². The molecular weight excluding hydrogens is 947 g/mol. The van der Waals surface area contributed by atoms with Gasteiger partial charge in [-0.25, -0.2) is 87.8 Å². The summed E-state index contributed by atoms with van der Waals surface area (Å²) in [6.45, 7) is 0.811. The van der Waals surface area contributed by atoms with Crippen LogP contribution in [0.2, 0.25) is 5.02 Å². The van der Waals surface area contributed by atoms with E-state index in [0.717, 1.165) is 22.8 Å². The topological polar surface area (TPSA) is 16.8 Å². The molecule has 65 heavy (non-hydrogen) atoms. The van der Waals surface area contributed by atoms with E-state index in [0.29, 0.717) is 0 Å². The van der Waals surface area contributed by atoms with Gasteiger partial charge in [-0.15, -0.1) is 21.9 Å². The standard InChI is InChI=1S/C24BF20.C17H14ClN2/c26-5-1(6(27)14(35)21(42)13(5)34)25(2-7(28)15(36)22(43)16(37)8(2)29,3-9(30)17(38)23(44)18(39)10(3)31)4-11(32)19(40)24(45)20(41)12(4)33;18-16-8-4-7-15(11-16)17-12-19-9-10-20(17)13-14-5-2-1-3-6-14/h;1-12H,13H2/q-1;+1. The Hall–Kier alpha value is -6.65. The summed E-state index contributed by atoms with van der Waals surface area (Å²) >= 11 is 6.08. The largest absolute Gasteiger partial charge is 0.252 e. The van der Waals surface area contributed by atoms with Crippen molar-refractivity contribution in [1.29, 1.82) is 0 Å². The minimum Gasteiger partial charge on any atom is -0.252 e. The predicted octanol–water partition coefficient (Wildman–Crippen LogP) is 9.58. The van der Waals surface area contributed by atoms with Gasteiger partial charge in [0.15, 0.2) is 82.5 Å². The summed E-state index contributed by atoms with van der Waals surface area (Å²) in [6, 6.07) is 18.2. The second kappa shape index (κ2) is 18.1. The maximum Gasteiger partial charge on any atom is 0.231 e. The summed E-state index contributed by atoms with van der Waals surface area (Å²) in [5, 5.41) is 0.734. The fraction of sp³-hybridized carbons (Fsp3) is 0.0244. The Balaban J connectivity index is 0.000000289. The van der Waals surface area contributed by atoms with Crippen molar-refractivity contribution in [2.75, 3.05) is 0 Å². The van der Waals surface area contributed by atoms with Crippen LogP contribution < -0.4 is 26.4 Å². The Morgan fingerprint density at radius 2 is 0.723 bits per heavy atom. The molecule has 1 aromatic heterocycles. The number of aromatic nitrogens is 2. The molecule has 0 spiro atoms. The fourth-order valence-electron chi connectivity index (χ4n) is 7.07. The molecule has 0 radical (unpaired) electrons. The van der Waals surface area contributed by atoms with E-state index in [1.807, 2.05) is 42.7 Å². The average Bonchev–Trinajstić information content (AvgIpc) is 3.29. The lowest BCUT2D eigenvalue weighted by Gasteiger charge is -2.44. The summed E-state index contributed by atoms with van der Waals surface area (Å²) in [7, 11) is 0. The molecule has 0 aliphatic rings. The molecule has 0 aliphatic heterocycles. The highest BCUT2D eigenvalue weighted by atomic mass is 35.5. The Bertz CT molecular complexity index is 2660. The van der Waals surface area contributed by atoms with E-state index in [2.05, 4.69) is 33.8 Å². The van der Waals surface area contributed by atoms with E-state index in [-0.39, 0.29) is 0 Å². The van der Waals surface area contributed by atoms with Crippen molar-refractivity contribution >= 4 is 39.6 Å². The van der Waals surface area contributed by atoms with Gasteiger partial charge >= 0.3 is 0 Å². The first-order chi connectivity index (χ1) is 30.5. The number of nitrogens with zero attached hydrogens (tertiary/aromatic N) is 2. The van der Waals surface area contributed by atoms with Gasteiger partial charge in [0.25, 0.3) is 0 Å². The van der Waals surface area contributed by atoms with Crippen molar-refractivity contribution in [2.45, 2.75) is 6.54 Å². The molecule has 24 heteroatoms. The van der Waals surface area contributed by atoms with Gasteiger partial charge in [-0.3, -0.25) is 4.98 Å². The molecule has 1 heterocycles. The average molecular weight is 961 g/mol. The minimum atomic E-state index is -7.22. The van der Waals surface area contributed by atoms with Gasteiger partial charge in [0.1, 0.15) is 52.7 Å². The zero-order valence-electron chi connectivity index (χ0n) is 31.0. The van der Waals surface area contributed by atoms with E-state index >= 15 is 35.1 Å². The fourth-order valence-corrected chi connectivity index (χ4v) is 7.26. The third-order valence-electron chi connectivity index (χ3n) is 9.86. The first kappa shape index (κ1) is 47.8. The van der Waals surface area contributed by atoms with E-state index in [1.165, 1.54) is 5.56 Å². The van der Waals surface area contributed by atoms with Gasteiger partial charge in [0.05, 0.1) is 12.4 Å². The molecule has 7 rings (SSSR count). The van der Waals surface area contributed by atoms with Crippen molar-refractivity contribution in [1.82, 2.24) is 4.98 Å². The molecule has 0 N–H and O–H groups in total. The van der Waals surface area contributed by atoms with E-state index in [4.69, 9.17) is 11.6 Å². The molecule has 338 valence electrons. The lowest BCUT2D eigenvalue weighted by molar-refractivity contribution is -0.678. The summed E-state index contributed by atoms with van der Waals surface area (Å²) in [5.41, 5.74) is -10.9. The maximum absolute atomic E-state index is 15.4. The minimum absolute atomic E-state index is 0.734. The maximum atomic E-state index is 15.4. The van der Waals surface area contributed by atoms with Crippen LogP contribution in [-0.4, -0.2) is 11.1 Å². The first-order valence-electron chi connectivity index (χ1n) is 17.4. The SMILES string of the molecule is Clc1cccc(-c2cncc[n+]2Cc2ccccc2)c1.Fc1c(F)c(F)c([B-](c2c(F)c(F)c(F)c(F)c2F)(c2c(F)c(F)c(F)c(F)c2F)c2c(F)c(F)c(F)c(F)c2F)c(F)c1F. The molecule has 6 aromatic carbocycles. The highest BCUT2D eigenvalue weighted by Crippen LogP contribution is 2.31. The summed E-state index contributed by atoms with van der Waals surface area (Å²) in [6.07, 6.45) is -1.56. The van der Waals surface area contributed by atoms with Crippen LogP contribution in [0.5, 0.6) is 0 Å². The summed E-state index contributed by atoms with van der Waals surface area (Å²) in [5.74, 6) is -71.4. The van der Waals surface area contributed by atoms with E-state index in [1.54, 1.807) is 6.20 Å². The predicted molar refractivity (Wildman–Crippen MR) is 190 cm³/mol. The number of rotatable bonds is 7. The first-order valence-corrected chi connectivity index (χ1v) is 17.8. The highest BCUT2D eigenvalue weighted by molar-refractivity contribution is 7.20. The lowest BCUT2D eigenvalue weighted by atomic mass is 9.12. The van der Waals surface area contributed by atoms with Crippen molar-refractivity contribution in [3.05, 3.63) is 200 Å². The third-order valence-corrected chi connectivity index (χ3v) is 10.1.